The Morgan fingerprint density at radius 2 is 2.05 bits per heavy atom. The summed E-state index contributed by atoms with van der Waals surface area (Å²) in [7, 11) is 3.48. The van der Waals surface area contributed by atoms with Gasteiger partial charge in [-0.1, -0.05) is 6.07 Å². The molecule has 0 bridgehead atoms. The smallest absolute Gasteiger partial charge is 0.417 e. The Morgan fingerprint density at radius 1 is 1.18 bits per heavy atom. The number of imidazole rings is 1. The first kappa shape index (κ1) is 13.9. The summed E-state index contributed by atoms with van der Waals surface area (Å²) in [5.74, 6) is 1.10. The van der Waals surface area contributed by atoms with Gasteiger partial charge in [0.1, 0.15) is 11.5 Å². The van der Waals surface area contributed by atoms with E-state index in [1.165, 1.54) is 0 Å². The lowest BCUT2D eigenvalue weighted by molar-refractivity contribution is 0.215. The van der Waals surface area contributed by atoms with E-state index >= 15 is 0 Å². The fourth-order valence-corrected chi connectivity index (χ4v) is 2.13. The molecule has 0 aliphatic carbocycles. The second kappa shape index (κ2) is 5.77. The maximum Gasteiger partial charge on any atom is 0.417 e. The number of rotatable bonds is 3. The van der Waals surface area contributed by atoms with E-state index in [-0.39, 0.29) is 0 Å². The van der Waals surface area contributed by atoms with Crippen molar-refractivity contribution in [3.8, 4) is 11.5 Å². The van der Waals surface area contributed by atoms with Crippen molar-refractivity contribution in [1.29, 1.82) is 0 Å². The van der Waals surface area contributed by atoms with E-state index in [0.29, 0.717) is 17.2 Å². The number of benzene rings is 2. The van der Waals surface area contributed by atoms with Crippen LogP contribution in [0, 0.1) is 0 Å². The van der Waals surface area contributed by atoms with E-state index in [1.807, 2.05) is 17.7 Å². The van der Waals surface area contributed by atoms with Gasteiger partial charge in [-0.25, -0.2) is 9.78 Å². The van der Waals surface area contributed by atoms with Crippen LogP contribution in [0.4, 0.5) is 10.5 Å². The lowest BCUT2D eigenvalue weighted by Crippen LogP contribution is -2.16. The van der Waals surface area contributed by atoms with Crippen LogP contribution >= 0.6 is 0 Å². The Hall–Kier alpha value is -3.02. The van der Waals surface area contributed by atoms with Gasteiger partial charge < -0.3 is 14.0 Å². The molecule has 0 fully saturated rings. The van der Waals surface area contributed by atoms with Gasteiger partial charge in [0.05, 0.1) is 24.5 Å². The quantitative estimate of drug-likeness (QED) is 0.806. The molecule has 3 rings (SSSR count). The molecule has 0 saturated heterocycles. The monoisotopic (exact) mass is 297 g/mol. The molecule has 0 atom stereocenters. The largest absolute Gasteiger partial charge is 0.497 e. The topological polar surface area (TPSA) is 65.4 Å². The minimum absolute atomic E-state index is 0.437. The van der Waals surface area contributed by atoms with Crippen LogP contribution in [-0.4, -0.2) is 22.8 Å². The van der Waals surface area contributed by atoms with Crippen molar-refractivity contribution in [2.24, 2.45) is 7.05 Å². The number of anilines is 1. The molecule has 6 heteroatoms. The average Bonchev–Trinajstić information content (AvgIpc) is 2.88. The predicted octanol–water partition coefficient (Wildman–Crippen LogP) is 3.19. The van der Waals surface area contributed by atoms with Crippen molar-refractivity contribution in [1.82, 2.24) is 9.55 Å². The average molecular weight is 297 g/mol. The molecule has 0 saturated carbocycles. The molecule has 22 heavy (non-hydrogen) atoms. The summed E-state index contributed by atoms with van der Waals surface area (Å²) in [6, 6.07) is 12.4. The number of nitrogens with zero attached hydrogens (tertiary/aromatic N) is 2. The van der Waals surface area contributed by atoms with Crippen molar-refractivity contribution in [2.75, 3.05) is 12.4 Å². The lowest BCUT2D eigenvalue weighted by Gasteiger charge is -2.08. The summed E-state index contributed by atoms with van der Waals surface area (Å²) in [5.41, 5.74) is 2.35. The third-order valence-corrected chi connectivity index (χ3v) is 3.22. The molecule has 1 aromatic heterocycles. The molecule has 0 unspecified atom stereocenters. The second-order valence-electron chi connectivity index (χ2n) is 4.75. The van der Waals surface area contributed by atoms with Gasteiger partial charge in [-0.15, -0.1) is 0 Å². The van der Waals surface area contributed by atoms with Crippen LogP contribution in [0.25, 0.3) is 11.0 Å². The highest BCUT2D eigenvalue weighted by Gasteiger charge is 2.08. The van der Waals surface area contributed by atoms with Crippen LogP contribution in [-0.2, 0) is 7.05 Å². The molecule has 6 nitrogen and oxygen atoms in total. The Morgan fingerprint density at radius 3 is 2.86 bits per heavy atom. The van der Waals surface area contributed by atoms with Crippen molar-refractivity contribution < 1.29 is 14.3 Å². The number of carbonyl (C=O) groups excluding carboxylic acids is 1. The standard InChI is InChI=1S/C16H15N3O3/c1-19-10-17-14-9-13(6-7-15(14)19)22-16(20)18-11-4-3-5-12(8-11)21-2/h3-10H,1-2H3,(H,18,20). The number of hydrogen-bond donors (Lipinski definition) is 1. The van der Waals surface area contributed by atoms with E-state index < -0.39 is 6.09 Å². The van der Waals surface area contributed by atoms with Crippen LogP contribution in [0.15, 0.2) is 48.8 Å². The highest BCUT2D eigenvalue weighted by atomic mass is 16.6. The molecule has 3 aromatic rings. The molecule has 2 aromatic carbocycles. The molecular formula is C16H15N3O3. The van der Waals surface area contributed by atoms with Crippen molar-refractivity contribution in [3.63, 3.8) is 0 Å². The molecule has 0 aliphatic rings. The maximum absolute atomic E-state index is 11.9. The van der Waals surface area contributed by atoms with Gasteiger partial charge in [0.15, 0.2) is 0 Å². The highest BCUT2D eigenvalue weighted by molar-refractivity contribution is 5.87. The van der Waals surface area contributed by atoms with Gasteiger partial charge in [-0.3, -0.25) is 5.32 Å². The van der Waals surface area contributed by atoms with Crippen LogP contribution in [0.5, 0.6) is 11.5 Å². The number of nitrogens with one attached hydrogen (secondary N) is 1. The highest BCUT2D eigenvalue weighted by Crippen LogP contribution is 2.21. The minimum Gasteiger partial charge on any atom is -0.497 e. The summed E-state index contributed by atoms with van der Waals surface area (Å²) >= 11 is 0. The second-order valence-corrected chi connectivity index (χ2v) is 4.75. The number of aryl methyl sites for hydroxylation is 1. The molecular weight excluding hydrogens is 282 g/mol. The van der Waals surface area contributed by atoms with Crippen molar-refractivity contribution in [2.45, 2.75) is 0 Å². The SMILES string of the molecule is COc1cccc(NC(=O)Oc2ccc3c(c2)ncn3C)c1. The first-order valence-corrected chi connectivity index (χ1v) is 6.69. The molecule has 0 aliphatic heterocycles. The molecule has 1 N–H and O–H groups in total. The molecule has 112 valence electrons. The lowest BCUT2D eigenvalue weighted by atomic mass is 10.3. The summed E-state index contributed by atoms with van der Waals surface area (Å²) in [6.45, 7) is 0. The summed E-state index contributed by atoms with van der Waals surface area (Å²) in [4.78, 5) is 16.2. The Labute approximate surface area is 127 Å². The van der Waals surface area contributed by atoms with Crippen LogP contribution in [0.3, 0.4) is 0 Å². The number of methoxy groups -OCH3 is 1. The number of ether oxygens (including phenoxy) is 2. The normalized spacial score (nSPS) is 10.5. The number of carbonyl (C=O) groups is 1. The fraction of sp³-hybridized carbons (Fsp3) is 0.125. The summed E-state index contributed by atoms with van der Waals surface area (Å²) in [6.07, 6.45) is 1.15. The fourth-order valence-electron chi connectivity index (χ4n) is 2.13. The van der Waals surface area contributed by atoms with Crippen molar-refractivity contribution >= 4 is 22.8 Å². The van der Waals surface area contributed by atoms with E-state index in [4.69, 9.17) is 9.47 Å². The zero-order valence-electron chi connectivity index (χ0n) is 12.2. The van der Waals surface area contributed by atoms with Crippen LogP contribution < -0.4 is 14.8 Å². The number of hydrogen-bond acceptors (Lipinski definition) is 4. The third kappa shape index (κ3) is 2.85. The van der Waals surface area contributed by atoms with Crippen LogP contribution in [0.2, 0.25) is 0 Å². The molecule has 0 radical (unpaired) electrons. The number of fused-ring (bicyclic) bond motifs is 1. The maximum atomic E-state index is 11.9. The number of aromatic nitrogens is 2. The number of amides is 1. The van der Waals surface area contributed by atoms with E-state index in [9.17, 15) is 4.79 Å². The predicted molar refractivity (Wildman–Crippen MR) is 83.4 cm³/mol. The summed E-state index contributed by atoms with van der Waals surface area (Å²) in [5, 5.41) is 2.65. The van der Waals surface area contributed by atoms with Gasteiger partial charge in [0.2, 0.25) is 0 Å². The zero-order chi connectivity index (χ0) is 15.5. The molecule has 1 heterocycles. The van der Waals surface area contributed by atoms with Crippen LogP contribution in [0.1, 0.15) is 0 Å². The van der Waals surface area contributed by atoms with Crippen molar-refractivity contribution in [3.05, 3.63) is 48.8 Å². The zero-order valence-corrected chi connectivity index (χ0v) is 12.2. The minimum atomic E-state index is -0.566. The van der Waals surface area contributed by atoms with Gasteiger partial charge in [-0.2, -0.15) is 0 Å². The molecule has 1 amide bonds. The Kier molecular flexibility index (Phi) is 3.65. The van der Waals surface area contributed by atoms with E-state index in [0.717, 1.165) is 11.0 Å². The molecule has 0 spiro atoms. The Bertz CT molecular complexity index is 826. The Balaban J connectivity index is 1.72. The van der Waals surface area contributed by atoms with E-state index in [1.54, 1.807) is 49.8 Å². The van der Waals surface area contributed by atoms with Gasteiger partial charge >= 0.3 is 6.09 Å². The first-order chi connectivity index (χ1) is 10.7. The van der Waals surface area contributed by atoms with Gasteiger partial charge in [0.25, 0.3) is 0 Å². The van der Waals surface area contributed by atoms with Gasteiger partial charge in [0, 0.05) is 24.9 Å². The summed E-state index contributed by atoms with van der Waals surface area (Å²) < 4.78 is 12.3. The first-order valence-electron chi connectivity index (χ1n) is 6.69. The van der Waals surface area contributed by atoms with E-state index in [2.05, 4.69) is 10.3 Å². The third-order valence-electron chi connectivity index (χ3n) is 3.22. The van der Waals surface area contributed by atoms with Gasteiger partial charge in [-0.05, 0) is 24.3 Å².